The van der Waals surface area contributed by atoms with Crippen molar-refractivity contribution in [2.45, 2.75) is 120 Å². The van der Waals surface area contributed by atoms with E-state index in [4.69, 9.17) is 11.5 Å². The molecule has 3 aromatic rings. The van der Waals surface area contributed by atoms with Crippen LogP contribution in [0.25, 0.3) is 10.9 Å². The van der Waals surface area contributed by atoms with Crippen molar-refractivity contribution in [3.05, 3.63) is 65.9 Å². The van der Waals surface area contributed by atoms with Crippen molar-refractivity contribution in [2.24, 2.45) is 17.4 Å². The smallest absolute Gasteiger partial charge is 0.326 e. The average molecular weight is 1060 g/mol. The number of H-pyrrole nitrogens is 1. The number of carbonyl (C=O) groups is 11. The van der Waals surface area contributed by atoms with E-state index < -0.39 is 151 Å². The van der Waals surface area contributed by atoms with Crippen LogP contribution in [0.15, 0.2) is 54.7 Å². The third-order valence-corrected chi connectivity index (χ3v) is 11.5. The molecule has 28 nitrogen and oxygen atoms in total. The fourth-order valence-electron chi connectivity index (χ4n) is 7.20. The zero-order valence-corrected chi connectivity index (χ0v) is 41.3. The molecule has 1 heterocycles. The SMILES string of the molecule is CC(C)[C@H](NC(=O)[C@H](Cc1ccc(O)cc1)NC(=O)[C@@H](NC(=O)[C@H](CO)NC(=O)[C@H](CO)NC(=O)[C@H](CC(=O)O)NC(=O)[C@H](Cc1c[nH]c2ccccc12)NC(=O)[C@H](C)NC(=O)[C@@H](N)CCC(N)=O)[C@@H](C)O)C(=O)O. The van der Waals surface area contributed by atoms with Crippen molar-refractivity contribution in [1.82, 2.24) is 47.5 Å². The summed E-state index contributed by atoms with van der Waals surface area (Å²) in [6.07, 6.45) is -2.21. The van der Waals surface area contributed by atoms with Crippen LogP contribution >= 0.6 is 0 Å². The first-order valence-corrected chi connectivity index (χ1v) is 23.4. The first kappa shape index (κ1) is 61.1. The summed E-state index contributed by atoms with van der Waals surface area (Å²) >= 11 is 0. The minimum absolute atomic E-state index is 0.122. The maximum Gasteiger partial charge on any atom is 0.326 e. The molecule has 0 aliphatic rings. The molecule has 75 heavy (non-hydrogen) atoms. The molecular weight excluding hydrogens is 991 g/mol. The number of para-hydroxylation sites is 1. The number of rotatable bonds is 30. The third-order valence-electron chi connectivity index (χ3n) is 11.5. The van der Waals surface area contributed by atoms with Crippen molar-refractivity contribution in [1.29, 1.82) is 0 Å². The maximum atomic E-state index is 14.0. The summed E-state index contributed by atoms with van der Waals surface area (Å²) in [5, 5.41) is 78.6. The second-order valence-corrected chi connectivity index (χ2v) is 17.8. The zero-order chi connectivity index (χ0) is 56.3. The van der Waals surface area contributed by atoms with Gasteiger partial charge in [0.2, 0.25) is 53.2 Å². The standard InChI is InChI=1S/C47H65N11O17/c1-21(2)37(47(74)75)57-43(70)30(15-24-9-11-26(62)12-10-24)54-46(73)38(23(4)61)58-45(72)34(20-60)56-44(71)33(19-59)55-42(69)32(17-36(64)65)53-41(68)31(16-25-18-50-29-8-6-5-7-27(25)29)52-39(66)22(3)51-40(67)28(48)13-14-35(49)63/h5-12,18,21-23,28,30-34,37-38,50,59-62H,13-17,19-20,48H2,1-4H3,(H2,49,63)(H,51,67)(H,52,66)(H,53,68)(H,54,73)(H,55,69)(H,56,71)(H,57,70)(H,58,72)(H,64,65)(H,74,75)/t22-,23+,28-,30-,31-,32-,33-,34-,37-,38-/m0/s1. The van der Waals surface area contributed by atoms with E-state index >= 15 is 0 Å². The van der Waals surface area contributed by atoms with E-state index in [1.165, 1.54) is 51.2 Å². The third kappa shape index (κ3) is 19.0. The lowest BCUT2D eigenvalue weighted by Gasteiger charge is -2.28. The van der Waals surface area contributed by atoms with Crippen LogP contribution in [0.1, 0.15) is 58.1 Å². The molecule has 0 saturated heterocycles. The Morgan fingerprint density at radius 1 is 0.587 bits per heavy atom. The number of aromatic amines is 1. The van der Waals surface area contributed by atoms with Crippen molar-refractivity contribution in [3.63, 3.8) is 0 Å². The minimum atomic E-state index is -2.01. The van der Waals surface area contributed by atoms with Crippen LogP contribution < -0.4 is 54.0 Å². The van der Waals surface area contributed by atoms with Crippen LogP contribution in [-0.4, -0.2) is 174 Å². The van der Waals surface area contributed by atoms with E-state index in [-0.39, 0.29) is 31.4 Å². The summed E-state index contributed by atoms with van der Waals surface area (Å²) in [6.45, 7) is 2.97. The molecule has 2 aromatic carbocycles. The van der Waals surface area contributed by atoms with Gasteiger partial charge in [-0.05, 0) is 55.5 Å². The van der Waals surface area contributed by atoms with Crippen LogP contribution in [0.4, 0.5) is 0 Å². The molecule has 10 atom stereocenters. The number of aliphatic carboxylic acids is 2. The van der Waals surface area contributed by atoms with Crippen molar-refractivity contribution < 1.29 is 83.4 Å². The molecule has 0 radical (unpaired) electrons. The van der Waals surface area contributed by atoms with E-state index in [1.807, 2.05) is 5.32 Å². The number of phenolic OH excluding ortho intramolecular Hbond substituents is 1. The van der Waals surface area contributed by atoms with E-state index in [2.05, 4.69) is 42.2 Å². The number of nitrogens with one attached hydrogen (secondary N) is 9. The highest BCUT2D eigenvalue weighted by Gasteiger charge is 2.37. The highest BCUT2D eigenvalue weighted by Crippen LogP contribution is 2.20. The summed E-state index contributed by atoms with van der Waals surface area (Å²) in [5.74, 6) is -13.6. The van der Waals surface area contributed by atoms with E-state index in [0.717, 1.165) is 6.92 Å². The molecule has 19 N–H and O–H groups in total. The second kappa shape index (κ2) is 28.9. The molecule has 28 heteroatoms. The van der Waals surface area contributed by atoms with E-state index in [9.17, 15) is 83.4 Å². The van der Waals surface area contributed by atoms with Crippen LogP contribution in [0.2, 0.25) is 0 Å². The van der Waals surface area contributed by atoms with Crippen molar-refractivity contribution in [2.75, 3.05) is 13.2 Å². The number of carboxylic acids is 2. The number of hydrogen-bond donors (Lipinski definition) is 17. The number of primary amides is 1. The number of aliphatic hydroxyl groups excluding tert-OH is 3. The predicted octanol–water partition coefficient (Wildman–Crippen LogP) is -5.27. The Morgan fingerprint density at radius 3 is 1.63 bits per heavy atom. The first-order valence-electron chi connectivity index (χ1n) is 23.4. The number of nitrogens with two attached hydrogens (primary N) is 2. The molecular formula is C47H65N11O17. The molecule has 0 saturated carbocycles. The Bertz CT molecular complexity index is 2540. The largest absolute Gasteiger partial charge is 0.508 e. The molecule has 9 amide bonds. The van der Waals surface area contributed by atoms with Gasteiger partial charge in [0.1, 0.15) is 54.1 Å². The van der Waals surface area contributed by atoms with Crippen LogP contribution in [0.3, 0.4) is 0 Å². The van der Waals surface area contributed by atoms with Gasteiger partial charge in [-0.3, -0.25) is 47.9 Å². The number of carbonyl (C=O) groups excluding carboxylic acids is 9. The highest BCUT2D eigenvalue weighted by molar-refractivity contribution is 5.99. The lowest BCUT2D eigenvalue weighted by molar-refractivity contribution is -0.143. The minimum Gasteiger partial charge on any atom is -0.508 e. The Morgan fingerprint density at radius 2 is 1.08 bits per heavy atom. The van der Waals surface area contributed by atoms with Crippen molar-refractivity contribution >= 4 is 76.0 Å². The number of aliphatic hydroxyl groups is 3. The Balaban J connectivity index is 1.79. The summed E-state index contributed by atoms with van der Waals surface area (Å²) in [7, 11) is 0. The Kier molecular flexibility index (Phi) is 23.5. The maximum absolute atomic E-state index is 14.0. The van der Waals surface area contributed by atoms with E-state index in [0.29, 0.717) is 22.0 Å². The number of fused-ring (bicyclic) bond motifs is 1. The zero-order valence-electron chi connectivity index (χ0n) is 41.3. The topological polar surface area (TPSA) is 473 Å². The summed E-state index contributed by atoms with van der Waals surface area (Å²) in [6, 6.07) is -2.69. The molecule has 0 spiro atoms. The molecule has 0 bridgehead atoms. The van der Waals surface area contributed by atoms with Gasteiger partial charge >= 0.3 is 11.9 Å². The molecule has 0 aliphatic carbocycles. The van der Waals surface area contributed by atoms with Crippen LogP contribution in [0, 0.1) is 5.92 Å². The summed E-state index contributed by atoms with van der Waals surface area (Å²) in [5.41, 5.74) is 12.4. The molecule has 0 fully saturated rings. The van der Waals surface area contributed by atoms with Gasteiger partial charge in [0.05, 0.1) is 31.8 Å². The quantitative estimate of drug-likeness (QED) is 0.0297. The monoisotopic (exact) mass is 1060 g/mol. The van der Waals surface area contributed by atoms with Gasteiger partial charge < -0.3 is 89.6 Å². The van der Waals surface area contributed by atoms with Crippen LogP contribution in [0.5, 0.6) is 5.75 Å². The van der Waals surface area contributed by atoms with Gasteiger partial charge in [0.25, 0.3) is 0 Å². The lowest BCUT2D eigenvalue weighted by atomic mass is 10.0. The Labute approximate surface area is 428 Å². The van der Waals surface area contributed by atoms with Gasteiger partial charge in [0.15, 0.2) is 0 Å². The molecule has 0 unspecified atom stereocenters. The molecule has 0 aliphatic heterocycles. The van der Waals surface area contributed by atoms with Crippen LogP contribution in [-0.2, 0) is 65.6 Å². The lowest BCUT2D eigenvalue weighted by Crippen LogP contribution is -2.63. The van der Waals surface area contributed by atoms with Gasteiger partial charge in [-0.15, -0.1) is 0 Å². The number of aromatic nitrogens is 1. The first-order chi connectivity index (χ1) is 35.3. The number of phenols is 1. The highest BCUT2D eigenvalue weighted by atomic mass is 16.4. The van der Waals surface area contributed by atoms with Gasteiger partial charge in [-0.1, -0.05) is 44.2 Å². The predicted molar refractivity (Wildman–Crippen MR) is 262 cm³/mol. The average Bonchev–Trinajstić information content (AvgIpc) is 3.76. The number of carboxylic acid groups (broad SMARTS) is 2. The molecule has 1 aromatic heterocycles. The Hall–Kier alpha value is -8.21. The second-order valence-electron chi connectivity index (χ2n) is 17.8. The number of aromatic hydroxyl groups is 1. The number of hydrogen-bond acceptors (Lipinski definition) is 16. The van der Waals surface area contributed by atoms with Crippen molar-refractivity contribution in [3.8, 4) is 5.75 Å². The fourth-order valence-corrected chi connectivity index (χ4v) is 7.20. The summed E-state index contributed by atoms with van der Waals surface area (Å²) < 4.78 is 0. The van der Waals surface area contributed by atoms with Gasteiger partial charge in [-0.25, -0.2) is 4.79 Å². The van der Waals surface area contributed by atoms with Gasteiger partial charge in [-0.2, -0.15) is 0 Å². The normalized spacial score (nSPS) is 15.2. The van der Waals surface area contributed by atoms with Gasteiger partial charge in [0, 0.05) is 36.4 Å². The number of amides is 9. The number of benzene rings is 2. The van der Waals surface area contributed by atoms with E-state index in [1.54, 1.807) is 24.3 Å². The fraction of sp³-hybridized carbons (Fsp3) is 0.468. The molecule has 3 rings (SSSR count). The summed E-state index contributed by atoms with van der Waals surface area (Å²) in [4.78, 5) is 146. The molecule has 410 valence electrons.